The third kappa shape index (κ3) is 4.81. The first-order valence-corrected chi connectivity index (χ1v) is 11.1. The number of piperazine rings is 1. The molecule has 0 aromatic heterocycles. The number of nitrogens with zero attached hydrogens (tertiary/aromatic N) is 2. The van der Waals surface area contributed by atoms with Gasteiger partial charge in [-0.25, -0.2) is 8.42 Å². The van der Waals surface area contributed by atoms with E-state index in [0.717, 1.165) is 4.90 Å². The van der Waals surface area contributed by atoms with Crippen LogP contribution >= 0.6 is 11.6 Å². The van der Waals surface area contributed by atoms with Crippen molar-refractivity contribution in [2.24, 2.45) is 0 Å². The SMILES string of the molecule is C[C@@H]1CN(C(=O)C[NH+]2CCN(S(=O)(=O)c3ccccc3Cl)CC2)C[C@H](C)O1. The van der Waals surface area contributed by atoms with Crippen LogP contribution < -0.4 is 4.90 Å². The molecular formula is C18H27ClN3O4S+. The van der Waals surface area contributed by atoms with E-state index in [-0.39, 0.29) is 28.0 Å². The Morgan fingerprint density at radius 2 is 1.78 bits per heavy atom. The molecule has 2 atom stereocenters. The Labute approximate surface area is 165 Å². The third-order valence-electron chi connectivity index (χ3n) is 5.06. The van der Waals surface area contributed by atoms with Gasteiger partial charge in [0.05, 0.1) is 43.4 Å². The molecule has 2 aliphatic heterocycles. The van der Waals surface area contributed by atoms with E-state index < -0.39 is 10.0 Å². The van der Waals surface area contributed by atoms with Crippen LogP contribution in [-0.2, 0) is 19.6 Å². The predicted molar refractivity (Wildman–Crippen MR) is 102 cm³/mol. The van der Waals surface area contributed by atoms with Crippen molar-refractivity contribution in [1.82, 2.24) is 9.21 Å². The molecule has 150 valence electrons. The molecule has 0 unspecified atom stereocenters. The molecule has 2 fully saturated rings. The fraction of sp³-hybridized carbons (Fsp3) is 0.611. The Hall–Kier alpha value is -1.19. The van der Waals surface area contributed by atoms with E-state index in [9.17, 15) is 13.2 Å². The van der Waals surface area contributed by atoms with Crippen LogP contribution in [0.1, 0.15) is 13.8 Å². The third-order valence-corrected chi connectivity index (χ3v) is 7.46. The maximum Gasteiger partial charge on any atom is 0.277 e. The number of benzene rings is 1. The second kappa shape index (κ2) is 8.45. The molecule has 2 saturated heterocycles. The molecule has 1 aromatic rings. The second-order valence-electron chi connectivity index (χ2n) is 7.32. The molecule has 2 heterocycles. The minimum absolute atomic E-state index is 0.0466. The fourth-order valence-corrected chi connectivity index (χ4v) is 5.65. The molecule has 7 nitrogen and oxygen atoms in total. The Morgan fingerprint density at radius 1 is 1.19 bits per heavy atom. The van der Waals surface area contributed by atoms with Crippen LogP contribution in [0.15, 0.2) is 29.2 Å². The number of quaternary nitrogens is 1. The lowest BCUT2D eigenvalue weighted by atomic mass is 10.2. The van der Waals surface area contributed by atoms with Crippen LogP contribution in [0.2, 0.25) is 5.02 Å². The summed E-state index contributed by atoms with van der Waals surface area (Å²) in [5.74, 6) is 0.106. The molecule has 0 radical (unpaired) electrons. The molecule has 0 spiro atoms. The molecular weight excluding hydrogens is 390 g/mol. The number of amides is 1. The number of hydrogen-bond acceptors (Lipinski definition) is 4. The van der Waals surface area contributed by atoms with Crippen LogP contribution in [0, 0.1) is 0 Å². The van der Waals surface area contributed by atoms with Crippen molar-refractivity contribution in [3.63, 3.8) is 0 Å². The fourth-order valence-electron chi connectivity index (χ4n) is 3.72. The molecule has 9 heteroatoms. The highest BCUT2D eigenvalue weighted by molar-refractivity contribution is 7.89. The van der Waals surface area contributed by atoms with E-state index in [1.54, 1.807) is 18.2 Å². The highest BCUT2D eigenvalue weighted by Crippen LogP contribution is 2.24. The number of sulfonamides is 1. The summed E-state index contributed by atoms with van der Waals surface area (Å²) >= 11 is 6.06. The van der Waals surface area contributed by atoms with Crippen LogP contribution in [0.5, 0.6) is 0 Å². The summed E-state index contributed by atoms with van der Waals surface area (Å²) in [4.78, 5) is 15.7. The second-order valence-corrected chi connectivity index (χ2v) is 9.63. The van der Waals surface area contributed by atoms with E-state index >= 15 is 0 Å². The highest BCUT2D eigenvalue weighted by Gasteiger charge is 2.34. The first kappa shape index (κ1) is 20.5. The number of morpholine rings is 1. The normalized spacial score (nSPS) is 25.5. The zero-order valence-corrected chi connectivity index (χ0v) is 17.3. The number of carbonyl (C=O) groups is 1. The molecule has 0 bridgehead atoms. The lowest BCUT2D eigenvalue weighted by Gasteiger charge is -2.37. The van der Waals surface area contributed by atoms with Crippen molar-refractivity contribution < 1.29 is 22.8 Å². The molecule has 1 N–H and O–H groups in total. The van der Waals surface area contributed by atoms with Crippen LogP contribution in [0.4, 0.5) is 0 Å². The van der Waals surface area contributed by atoms with E-state index in [1.807, 2.05) is 18.7 Å². The van der Waals surface area contributed by atoms with Gasteiger partial charge < -0.3 is 14.5 Å². The summed E-state index contributed by atoms with van der Waals surface area (Å²) in [7, 11) is -3.60. The Kier molecular flexibility index (Phi) is 6.43. The minimum atomic E-state index is -3.60. The van der Waals surface area contributed by atoms with E-state index in [0.29, 0.717) is 45.8 Å². The number of ether oxygens (including phenoxy) is 1. The molecule has 0 saturated carbocycles. The van der Waals surface area contributed by atoms with Crippen LogP contribution in [0.25, 0.3) is 0 Å². The molecule has 1 aromatic carbocycles. The van der Waals surface area contributed by atoms with Crippen molar-refractivity contribution in [3.05, 3.63) is 29.3 Å². The number of carbonyl (C=O) groups excluding carboxylic acids is 1. The predicted octanol–water partition coefficient (Wildman–Crippen LogP) is -0.135. The van der Waals surface area contributed by atoms with Crippen molar-refractivity contribution in [2.45, 2.75) is 31.0 Å². The molecule has 3 rings (SSSR count). The van der Waals surface area contributed by atoms with Gasteiger partial charge in [0.25, 0.3) is 5.91 Å². The van der Waals surface area contributed by atoms with E-state index in [4.69, 9.17) is 16.3 Å². The largest absolute Gasteiger partial charge is 0.372 e. The smallest absolute Gasteiger partial charge is 0.277 e. The maximum absolute atomic E-state index is 12.8. The molecule has 27 heavy (non-hydrogen) atoms. The summed E-state index contributed by atoms with van der Waals surface area (Å²) in [5, 5.41) is 0.234. The summed E-state index contributed by atoms with van der Waals surface area (Å²) in [6.45, 7) is 7.53. The van der Waals surface area contributed by atoms with Gasteiger partial charge in [-0.05, 0) is 26.0 Å². The summed E-state index contributed by atoms with van der Waals surface area (Å²) in [5.41, 5.74) is 0. The van der Waals surface area contributed by atoms with Crippen molar-refractivity contribution in [2.75, 3.05) is 45.8 Å². The Balaban J connectivity index is 1.56. The monoisotopic (exact) mass is 416 g/mol. The molecule has 2 aliphatic rings. The zero-order valence-electron chi connectivity index (χ0n) is 15.7. The highest BCUT2D eigenvalue weighted by atomic mass is 35.5. The standard InChI is InChI=1S/C18H26ClN3O4S/c1-14-11-21(12-15(2)26-14)18(23)13-20-7-9-22(10-8-20)27(24,25)17-6-4-3-5-16(17)19/h3-6,14-15H,7-13H2,1-2H3/p+1/t14-,15+. The van der Waals surface area contributed by atoms with Gasteiger partial charge >= 0.3 is 0 Å². The topological polar surface area (TPSA) is 71.4 Å². The number of hydrogen-bond donors (Lipinski definition) is 1. The van der Waals surface area contributed by atoms with Crippen LogP contribution in [-0.4, -0.2) is 81.6 Å². The lowest BCUT2D eigenvalue weighted by Crippen LogP contribution is -3.15. The van der Waals surface area contributed by atoms with E-state index in [1.165, 1.54) is 10.4 Å². The van der Waals surface area contributed by atoms with Gasteiger partial charge in [-0.15, -0.1) is 0 Å². The van der Waals surface area contributed by atoms with Gasteiger partial charge in [-0.1, -0.05) is 23.7 Å². The van der Waals surface area contributed by atoms with Crippen molar-refractivity contribution >= 4 is 27.5 Å². The lowest BCUT2D eigenvalue weighted by molar-refractivity contribution is -0.896. The first-order valence-electron chi connectivity index (χ1n) is 9.29. The Morgan fingerprint density at radius 3 is 2.37 bits per heavy atom. The summed E-state index contributed by atoms with van der Waals surface area (Å²) in [6, 6.07) is 6.49. The maximum atomic E-state index is 12.8. The first-order chi connectivity index (χ1) is 12.8. The average Bonchev–Trinajstić information content (AvgIpc) is 2.61. The molecule has 1 amide bonds. The van der Waals surface area contributed by atoms with Gasteiger partial charge in [0.2, 0.25) is 10.0 Å². The van der Waals surface area contributed by atoms with Gasteiger partial charge in [-0.2, -0.15) is 4.31 Å². The minimum Gasteiger partial charge on any atom is -0.372 e. The zero-order chi connectivity index (χ0) is 19.6. The number of nitrogens with one attached hydrogen (secondary N) is 1. The van der Waals surface area contributed by atoms with Gasteiger partial charge in [0.1, 0.15) is 4.90 Å². The van der Waals surface area contributed by atoms with Gasteiger partial charge in [0, 0.05) is 13.1 Å². The van der Waals surface area contributed by atoms with E-state index in [2.05, 4.69) is 0 Å². The number of halogens is 1. The quantitative estimate of drug-likeness (QED) is 0.742. The summed E-state index contributed by atoms with van der Waals surface area (Å²) < 4.78 is 32.7. The Bertz CT molecular complexity index is 771. The van der Waals surface area contributed by atoms with Crippen molar-refractivity contribution in [3.8, 4) is 0 Å². The van der Waals surface area contributed by atoms with Crippen LogP contribution in [0.3, 0.4) is 0 Å². The molecule has 0 aliphatic carbocycles. The average molecular weight is 417 g/mol. The summed E-state index contributed by atoms with van der Waals surface area (Å²) in [6.07, 6.45) is 0.0932. The number of rotatable bonds is 4. The van der Waals surface area contributed by atoms with Gasteiger partial charge in [-0.3, -0.25) is 4.79 Å². The van der Waals surface area contributed by atoms with Crippen molar-refractivity contribution in [1.29, 1.82) is 0 Å². The van der Waals surface area contributed by atoms with Gasteiger partial charge in [0.15, 0.2) is 6.54 Å².